The molecule has 2 N–H and O–H groups in total. The van der Waals surface area contributed by atoms with E-state index in [1.165, 1.54) is 6.07 Å². The van der Waals surface area contributed by atoms with E-state index in [2.05, 4.69) is 5.32 Å². The highest BCUT2D eigenvalue weighted by molar-refractivity contribution is 5.26. The van der Waals surface area contributed by atoms with E-state index in [0.717, 1.165) is 24.9 Å². The van der Waals surface area contributed by atoms with Crippen molar-refractivity contribution >= 4 is 0 Å². The van der Waals surface area contributed by atoms with E-state index < -0.39 is 0 Å². The first-order chi connectivity index (χ1) is 7.70. The molecule has 0 saturated carbocycles. The summed E-state index contributed by atoms with van der Waals surface area (Å²) in [7, 11) is 0. The molecule has 88 valence electrons. The van der Waals surface area contributed by atoms with E-state index in [1.807, 2.05) is 12.1 Å². The maximum atomic E-state index is 13.1. The Hall–Kier alpha value is -0.930. The van der Waals surface area contributed by atoms with Crippen LogP contribution in [0.4, 0.5) is 4.39 Å². The monoisotopic (exact) mass is 223 g/mol. The minimum absolute atomic E-state index is 0.146. The van der Waals surface area contributed by atoms with Gasteiger partial charge in [-0.25, -0.2) is 4.39 Å². The third-order valence-electron chi connectivity index (χ3n) is 3.36. The normalized spacial score (nSPS) is 25.7. The molecule has 2 atom stereocenters. The van der Waals surface area contributed by atoms with E-state index >= 15 is 0 Å². The number of nitrogens with one attached hydrogen (secondary N) is 1. The van der Waals surface area contributed by atoms with E-state index in [9.17, 15) is 4.39 Å². The molecule has 0 amide bonds. The van der Waals surface area contributed by atoms with Gasteiger partial charge in [-0.15, -0.1) is 0 Å². The molecule has 0 aliphatic carbocycles. The molecule has 0 aromatic heterocycles. The SMILES string of the molecule is Cc1cc(C2CCC(CO)CN2)ccc1F. The predicted octanol–water partition coefficient (Wildman–Crippen LogP) is 2.17. The zero-order valence-electron chi connectivity index (χ0n) is 9.54. The van der Waals surface area contributed by atoms with Gasteiger partial charge in [-0.05, 0) is 42.9 Å². The number of rotatable bonds is 2. The van der Waals surface area contributed by atoms with Crippen LogP contribution in [0.25, 0.3) is 0 Å². The summed E-state index contributed by atoms with van der Waals surface area (Å²) in [5, 5.41) is 12.4. The maximum Gasteiger partial charge on any atom is 0.126 e. The lowest BCUT2D eigenvalue weighted by Gasteiger charge is -2.29. The first-order valence-electron chi connectivity index (χ1n) is 5.81. The molecule has 0 spiro atoms. The maximum absolute atomic E-state index is 13.1. The fraction of sp³-hybridized carbons (Fsp3) is 0.538. The quantitative estimate of drug-likeness (QED) is 0.805. The van der Waals surface area contributed by atoms with Crippen molar-refractivity contribution < 1.29 is 9.50 Å². The van der Waals surface area contributed by atoms with E-state index in [-0.39, 0.29) is 12.4 Å². The van der Waals surface area contributed by atoms with Crippen molar-refractivity contribution in [2.75, 3.05) is 13.2 Å². The number of piperidine rings is 1. The summed E-state index contributed by atoms with van der Waals surface area (Å²) in [6, 6.07) is 5.60. The Morgan fingerprint density at radius 2 is 2.25 bits per heavy atom. The summed E-state index contributed by atoms with van der Waals surface area (Å²) in [6.45, 7) is 2.89. The Labute approximate surface area is 95.5 Å². The van der Waals surface area contributed by atoms with Crippen molar-refractivity contribution in [2.45, 2.75) is 25.8 Å². The van der Waals surface area contributed by atoms with Crippen LogP contribution in [0, 0.1) is 18.7 Å². The molecule has 1 saturated heterocycles. The molecule has 1 aliphatic heterocycles. The minimum Gasteiger partial charge on any atom is -0.396 e. The topological polar surface area (TPSA) is 32.3 Å². The molecule has 2 nitrogen and oxygen atoms in total. The summed E-state index contributed by atoms with van der Waals surface area (Å²) < 4.78 is 13.1. The van der Waals surface area contributed by atoms with Crippen molar-refractivity contribution in [1.29, 1.82) is 0 Å². The fourth-order valence-corrected chi connectivity index (χ4v) is 2.24. The van der Waals surface area contributed by atoms with Gasteiger partial charge in [0.1, 0.15) is 5.82 Å². The van der Waals surface area contributed by atoms with E-state index in [1.54, 1.807) is 6.92 Å². The van der Waals surface area contributed by atoms with Crippen LogP contribution in [0.5, 0.6) is 0 Å². The molecule has 1 aromatic carbocycles. The molecule has 16 heavy (non-hydrogen) atoms. The van der Waals surface area contributed by atoms with Gasteiger partial charge in [0.2, 0.25) is 0 Å². The first-order valence-corrected chi connectivity index (χ1v) is 5.81. The first kappa shape index (κ1) is 11.6. The summed E-state index contributed by atoms with van der Waals surface area (Å²) >= 11 is 0. The number of aliphatic hydroxyl groups is 1. The van der Waals surface area contributed by atoms with Gasteiger partial charge in [0.25, 0.3) is 0 Å². The average molecular weight is 223 g/mol. The Morgan fingerprint density at radius 3 is 2.81 bits per heavy atom. The lowest BCUT2D eigenvalue weighted by atomic mass is 9.91. The van der Waals surface area contributed by atoms with Crippen LogP contribution in [0.3, 0.4) is 0 Å². The standard InChI is InChI=1S/C13H18FNO/c1-9-6-11(3-4-12(9)14)13-5-2-10(8-16)7-15-13/h3-4,6,10,13,15-16H,2,5,7-8H2,1H3. The summed E-state index contributed by atoms with van der Waals surface area (Å²) in [5.41, 5.74) is 1.85. The van der Waals surface area contributed by atoms with Gasteiger partial charge in [0.05, 0.1) is 0 Å². The molecule has 1 fully saturated rings. The number of hydrogen-bond acceptors (Lipinski definition) is 2. The molecule has 2 unspecified atom stereocenters. The molecule has 2 rings (SSSR count). The van der Waals surface area contributed by atoms with Gasteiger partial charge in [-0.3, -0.25) is 0 Å². The van der Waals surface area contributed by atoms with Crippen molar-refractivity contribution in [3.63, 3.8) is 0 Å². The van der Waals surface area contributed by atoms with Crippen LogP contribution >= 0.6 is 0 Å². The fourth-order valence-electron chi connectivity index (χ4n) is 2.24. The highest BCUT2D eigenvalue weighted by Gasteiger charge is 2.21. The third kappa shape index (κ3) is 2.42. The second-order valence-electron chi connectivity index (χ2n) is 4.60. The van der Waals surface area contributed by atoms with Crippen LogP contribution in [-0.4, -0.2) is 18.3 Å². The van der Waals surface area contributed by atoms with Gasteiger partial charge >= 0.3 is 0 Å². The lowest BCUT2D eigenvalue weighted by Crippen LogP contribution is -2.34. The lowest BCUT2D eigenvalue weighted by molar-refractivity contribution is 0.184. The van der Waals surface area contributed by atoms with Crippen molar-refractivity contribution in [3.8, 4) is 0 Å². The predicted molar refractivity (Wildman–Crippen MR) is 61.7 cm³/mol. The summed E-state index contributed by atoms with van der Waals surface area (Å²) in [5.74, 6) is 0.227. The van der Waals surface area contributed by atoms with E-state index in [4.69, 9.17) is 5.11 Å². The molecule has 1 aliphatic rings. The highest BCUT2D eigenvalue weighted by Crippen LogP contribution is 2.26. The third-order valence-corrected chi connectivity index (χ3v) is 3.36. The Morgan fingerprint density at radius 1 is 1.44 bits per heavy atom. The minimum atomic E-state index is -0.146. The largest absolute Gasteiger partial charge is 0.396 e. The van der Waals surface area contributed by atoms with Crippen LogP contribution in [0.15, 0.2) is 18.2 Å². The average Bonchev–Trinajstić information content (AvgIpc) is 2.33. The molecule has 0 bridgehead atoms. The molecular weight excluding hydrogens is 205 g/mol. The highest BCUT2D eigenvalue weighted by atomic mass is 19.1. The van der Waals surface area contributed by atoms with Crippen molar-refractivity contribution in [2.24, 2.45) is 5.92 Å². The van der Waals surface area contributed by atoms with Gasteiger partial charge in [-0.1, -0.05) is 12.1 Å². The molecule has 0 radical (unpaired) electrons. The summed E-state index contributed by atoms with van der Waals surface area (Å²) in [6.07, 6.45) is 2.04. The Bertz CT molecular complexity index is 359. The molecule has 1 aromatic rings. The zero-order chi connectivity index (χ0) is 11.5. The smallest absolute Gasteiger partial charge is 0.126 e. The number of aryl methyl sites for hydroxylation is 1. The second-order valence-corrected chi connectivity index (χ2v) is 4.60. The van der Waals surface area contributed by atoms with Crippen molar-refractivity contribution in [3.05, 3.63) is 35.1 Å². The van der Waals surface area contributed by atoms with Gasteiger partial charge < -0.3 is 10.4 Å². The number of benzene rings is 1. The second kappa shape index (κ2) is 4.93. The number of aliphatic hydroxyl groups excluding tert-OH is 1. The molecule has 1 heterocycles. The number of halogens is 1. The zero-order valence-corrected chi connectivity index (χ0v) is 9.54. The van der Waals surface area contributed by atoms with Crippen LogP contribution in [-0.2, 0) is 0 Å². The Kier molecular flexibility index (Phi) is 3.56. The summed E-state index contributed by atoms with van der Waals surface area (Å²) in [4.78, 5) is 0. The van der Waals surface area contributed by atoms with E-state index in [0.29, 0.717) is 17.5 Å². The molecule has 3 heteroatoms. The van der Waals surface area contributed by atoms with Gasteiger partial charge in [0.15, 0.2) is 0 Å². The van der Waals surface area contributed by atoms with Gasteiger partial charge in [-0.2, -0.15) is 0 Å². The van der Waals surface area contributed by atoms with Crippen LogP contribution in [0.1, 0.15) is 30.0 Å². The number of hydrogen-bond donors (Lipinski definition) is 2. The van der Waals surface area contributed by atoms with Gasteiger partial charge in [0, 0.05) is 19.2 Å². The molecular formula is C13H18FNO. The van der Waals surface area contributed by atoms with Crippen LogP contribution in [0.2, 0.25) is 0 Å². The van der Waals surface area contributed by atoms with Crippen LogP contribution < -0.4 is 5.32 Å². The Balaban J connectivity index is 2.05. The van der Waals surface area contributed by atoms with Crippen molar-refractivity contribution in [1.82, 2.24) is 5.32 Å².